The molecule has 5 nitrogen and oxygen atoms in total. The average molecular weight is 215 g/mol. The monoisotopic (exact) mass is 215 g/mol. The van der Waals surface area contributed by atoms with E-state index in [1.807, 2.05) is 18.2 Å². The average Bonchev–Trinajstić information content (AvgIpc) is 2.30. The van der Waals surface area contributed by atoms with Gasteiger partial charge < -0.3 is 21.5 Å². The normalized spacial score (nSPS) is 10.5. The molecule has 0 atom stereocenters. The molecule has 5 heteroatoms. The number of aromatic nitrogens is 1. The highest BCUT2D eigenvalue weighted by molar-refractivity contribution is 5.69. The minimum Gasteiger partial charge on any atom is -0.347 e. The molecule has 0 aliphatic carbocycles. The molecule has 82 valence electrons. The summed E-state index contributed by atoms with van der Waals surface area (Å²) >= 11 is 0. The molecule has 0 bridgehead atoms. The smallest absolute Gasteiger partial charge is 0.132 e. The van der Waals surface area contributed by atoms with Crippen LogP contribution in [0.1, 0.15) is 0 Å². The quantitative estimate of drug-likeness (QED) is 0.549. The van der Waals surface area contributed by atoms with E-state index in [2.05, 4.69) is 15.6 Å². The second-order valence-corrected chi connectivity index (χ2v) is 2.75. The Hall–Kier alpha value is -2.43. The summed E-state index contributed by atoms with van der Waals surface area (Å²) in [5.41, 5.74) is 0. The van der Waals surface area contributed by atoms with Gasteiger partial charge >= 0.3 is 0 Å². The zero-order valence-electron chi connectivity index (χ0n) is 8.64. The molecule has 4 N–H and O–H groups in total. The minimum atomic E-state index is 0.686. The Labute approximate surface area is 93.9 Å². The van der Waals surface area contributed by atoms with E-state index in [-0.39, 0.29) is 0 Å². The van der Waals surface area contributed by atoms with Crippen molar-refractivity contribution in [3.63, 3.8) is 0 Å². The lowest BCUT2D eigenvalue weighted by Gasteiger charge is -2.03. The second-order valence-electron chi connectivity index (χ2n) is 2.75. The van der Waals surface area contributed by atoms with Crippen LogP contribution in [0.4, 0.5) is 11.6 Å². The Morgan fingerprint density at radius 3 is 1.88 bits per heavy atom. The van der Waals surface area contributed by atoms with Crippen LogP contribution in [-0.4, -0.2) is 17.4 Å². The minimum absolute atomic E-state index is 0.686. The van der Waals surface area contributed by atoms with Crippen molar-refractivity contribution in [2.75, 3.05) is 10.6 Å². The molecule has 0 aromatic carbocycles. The first-order valence-corrected chi connectivity index (χ1v) is 4.68. The summed E-state index contributed by atoms with van der Waals surface area (Å²) in [5, 5.41) is 19.5. The van der Waals surface area contributed by atoms with Gasteiger partial charge in [0.2, 0.25) is 0 Å². The molecular weight excluding hydrogens is 202 g/mol. The summed E-state index contributed by atoms with van der Waals surface area (Å²) in [6.07, 6.45) is 8.76. The van der Waals surface area contributed by atoms with Crippen molar-refractivity contribution in [3.8, 4) is 0 Å². The third kappa shape index (κ3) is 4.19. The lowest BCUT2D eigenvalue weighted by Crippen LogP contribution is -1.95. The lowest BCUT2D eigenvalue weighted by atomic mass is 10.4. The number of nitrogens with one attached hydrogen (secondary N) is 4. The van der Waals surface area contributed by atoms with E-state index < -0.39 is 0 Å². The first-order valence-electron chi connectivity index (χ1n) is 4.68. The molecule has 0 radical (unpaired) electrons. The Morgan fingerprint density at radius 1 is 0.938 bits per heavy atom. The summed E-state index contributed by atoms with van der Waals surface area (Å²) in [7, 11) is 0. The van der Waals surface area contributed by atoms with Crippen molar-refractivity contribution >= 4 is 24.1 Å². The van der Waals surface area contributed by atoms with E-state index >= 15 is 0 Å². The van der Waals surface area contributed by atoms with Gasteiger partial charge in [-0.15, -0.1) is 0 Å². The Morgan fingerprint density at radius 2 is 1.44 bits per heavy atom. The summed E-state index contributed by atoms with van der Waals surface area (Å²) in [6.45, 7) is 0. The fourth-order valence-corrected chi connectivity index (χ4v) is 0.959. The number of hydrogen-bond acceptors (Lipinski definition) is 5. The van der Waals surface area contributed by atoms with Crippen LogP contribution in [0.15, 0.2) is 42.8 Å². The molecule has 1 aromatic heterocycles. The topological polar surface area (TPSA) is 84.7 Å². The maximum atomic E-state index is 6.81. The number of nitrogens with zero attached hydrogens (tertiary/aromatic N) is 1. The lowest BCUT2D eigenvalue weighted by molar-refractivity contribution is 1.29. The summed E-state index contributed by atoms with van der Waals surface area (Å²) in [5.74, 6) is 1.37. The van der Waals surface area contributed by atoms with E-state index in [1.165, 1.54) is 12.4 Å². The predicted octanol–water partition coefficient (Wildman–Crippen LogP) is 2.23. The zero-order valence-corrected chi connectivity index (χ0v) is 8.64. The van der Waals surface area contributed by atoms with Gasteiger partial charge in [0.15, 0.2) is 0 Å². The largest absolute Gasteiger partial charge is 0.347 e. The van der Waals surface area contributed by atoms with Crippen LogP contribution in [0, 0.1) is 10.8 Å². The fourth-order valence-electron chi connectivity index (χ4n) is 0.959. The molecule has 0 saturated carbocycles. The van der Waals surface area contributed by atoms with Crippen molar-refractivity contribution in [3.05, 3.63) is 42.8 Å². The van der Waals surface area contributed by atoms with Crippen molar-refractivity contribution in [2.24, 2.45) is 0 Å². The highest BCUT2D eigenvalue weighted by Crippen LogP contribution is 2.08. The van der Waals surface area contributed by atoms with E-state index in [1.54, 1.807) is 24.6 Å². The zero-order chi connectivity index (χ0) is 11.6. The van der Waals surface area contributed by atoms with Gasteiger partial charge in [0, 0.05) is 24.8 Å². The Balaban J connectivity index is 2.63. The molecule has 0 amide bonds. The Kier molecular flexibility index (Phi) is 5.05. The van der Waals surface area contributed by atoms with Crippen molar-refractivity contribution in [1.82, 2.24) is 4.98 Å². The molecule has 16 heavy (non-hydrogen) atoms. The number of anilines is 2. The van der Waals surface area contributed by atoms with Crippen LogP contribution in [-0.2, 0) is 0 Å². The number of hydrogen-bond donors (Lipinski definition) is 4. The molecule has 1 heterocycles. The molecule has 0 aliphatic heterocycles. The van der Waals surface area contributed by atoms with Crippen LogP contribution in [0.25, 0.3) is 0 Å². The maximum absolute atomic E-state index is 6.81. The number of rotatable bonds is 6. The van der Waals surface area contributed by atoms with Crippen molar-refractivity contribution in [2.45, 2.75) is 0 Å². The van der Waals surface area contributed by atoms with Gasteiger partial charge in [0.05, 0.1) is 0 Å². The highest BCUT2D eigenvalue weighted by atomic mass is 15.0. The van der Waals surface area contributed by atoms with E-state index in [0.717, 1.165) is 0 Å². The maximum Gasteiger partial charge on any atom is 0.132 e. The third-order valence-corrected chi connectivity index (χ3v) is 1.60. The summed E-state index contributed by atoms with van der Waals surface area (Å²) < 4.78 is 0. The third-order valence-electron chi connectivity index (χ3n) is 1.60. The molecular formula is C11H13N5. The fraction of sp³-hybridized carbons (Fsp3) is 0. The van der Waals surface area contributed by atoms with Gasteiger partial charge in [-0.25, -0.2) is 4.98 Å². The SMILES string of the molecule is N=C/C=C\Nc1cccc(N/C=C\C=N)n1. The second kappa shape index (κ2) is 6.94. The van der Waals surface area contributed by atoms with Crippen molar-refractivity contribution in [1.29, 1.82) is 10.8 Å². The molecule has 0 fully saturated rings. The first-order chi connectivity index (χ1) is 7.86. The van der Waals surface area contributed by atoms with Crippen LogP contribution >= 0.6 is 0 Å². The van der Waals surface area contributed by atoms with E-state index in [9.17, 15) is 0 Å². The molecule has 1 rings (SSSR count). The molecule has 0 unspecified atom stereocenters. The van der Waals surface area contributed by atoms with Crippen LogP contribution in [0.2, 0.25) is 0 Å². The van der Waals surface area contributed by atoms with Gasteiger partial charge in [0.1, 0.15) is 11.6 Å². The summed E-state index contributed by atoms with van der Waals surface area (Å²) in [4.78, 5) is 4.24. The standard InChI is InChI=1S/C11H13N5/c12-6-2-8-14-10-4-1-5-11(16-10)15-9-3-7-13/h1-9,12-13H,(H2,14,15,16)/b8-2-,9-3-,12-6?,13-7?. The van der Waals surface area contributed by atoms with Gasteiger partial charge in [-0.3, -0.25) is 0 Å². The van der Waals surface area contributed by atoms with Crippen LogP contribution in [0.5, 0.6) is 0 Å². The molecule has 1 aromatic rings. The highest BCUT2D eigenvalue weighted by Gasteiger charge is 1.92. The van der Waals surface area contributed by atoms with Crippen LogP contribution < -0.4 is 10.6 Å². The van der Waals surface area contributed by atoms with Gasteiger partial charge in [-0.05, 0) is 24.3 Å². The van der Waals surface area contributed by atoms with Gasteiger partial charge in [-0.2, -0.15) is 0 Å². The van der Waals surface area contributed by atoms with Crippen LogP contribution in [0.3, 0.4) is 0 Å². The number of allylic oxidation sites excluding steroid dienone is 2. The molecule has 0 aliphatic rings. The Bertz CT molecular complexity index is 373. The number of pyridine rings is 1. The molecule has 0 saturated heterocycles. The summed E-state index contributed by atoms with van der Waals surface area (Å²) in [6, 6.07) is 5.49. The van der Waals surface area contributed by atoms with E-state index in [0.29, 0.717) is 11.6 Å². The van der Waals surface area contributed by atoms with E-state index in [4.69, 9.17) is 10.8 Å². The van der Waals surface area contributed by atoms with Gasteiger partial charge in [-0.1, -0.05) is 6.07 Å². The van der Waals surface area contributed by atoms with Gasteiger partial charge in [0.25, 0.3) is 0 Å². The van der Waals surface area contributed by atoms with Crippen molar-refractivity contribution < 1.29 is 0 Å². The molecule has 0 spiro atoms. The first kappa shape index (κ1) is 11.6. The predicted molar refractivity (Wildman–Crippen MR) is 67.3 cm³/mol.